The van der Waals surface area contributed by atoms with Crippen LogP contribution in [0.2, 0.25) is 0 Å². The first-order valence-electron chi connectivity index (χ1n) is 5.42. The van der Waals surface area contributed by atoms with E-state index in [2.05, 4.69) is 4.99 Å². The van der Waals surface area contributed by atoms with E-state index in [0.717, 1.165) is 0 Å². The summed E-state index contributed by atoms with van der Waals surface area (Å²) in [5.74, 6) is -6.81. The molecular weight excluding hydrogens is 322 g/mol. The molecule has 2 atom stereocenters. The van der Waals surface area contributed by atoms with Gasteiger partial charge in [0.1, 0.15) is 5.71 Å². The van der Waals surface area contributed by atoms with Gasteiger partial charge in [0.2, 0.25) is 0 Å². The van der Waals surface area contributed by atoms with Gasteiger partial charge in [-0.3, -0.25) is 14.7 Å². The second-order valence-electron chi connectivity index (χ2n) is 3.96. The molecule has 0 spiro atoms. The SMILES string of the molecule is O=C([O-])CC(C(=O)[O-])N1CCN=C(C(=O)O)C1C(=O)O.[Na+].[Na+]. The Bertz CT molecular complexity index is 495. The first kappa shape index (κ1) is 23.8. The van der Waals surface area contributed by atoms with Crippen molar-refractivity contribution in [1.82, 2.24) is 4.90 Å². The molecule has 2 N–H and O–H groups in total. The fourth-order valence-corrected chi connectivity index (χ4v) is 1.93. The standard InChI is InChI=1S/C10H12N2O8.2Na/c13-5(14)3-4(8(15)16)12-2-1-11-6(9(17)18)7(12)10(19)20;;/h4,7H,1-3H2,(H,13,14)(H,15,16)(H,17,18)(H,19,20);;/q;2*+1/p-2. The number of rotatable bonds is 6. The normalized spacial score (nSPS) is 18.9. The first-order chi connectivity index (χ1) is 9.25. The molecule has 0 aromatic heterocycles. The van der Waals surface area contributed by atoms with Crippen molar-refractivity contribution in [2.24, 2.45) is 4.99 Å². The molecule has 1 aliphatic heterocycles. The fraction of sp³-hybridized carbons (Fsp3) is 0.500. The van der Waals surface area contributed by atoms with Crippen molar-refractivity contribution < 1.29 is 98.7 Å². The molecule has 0 fully saturated rings. The van der Waals surface area contributed by atoms with Crippen LogP contribution in [0.25, 0.3) is 0 Å². The Balaban J connectivity index is 0. The van der Waals surface area contributed by atoms with Gasteiger partial charge in [0.05, 0.1) is 18.6 Å². The summed E-state index contributed by atoms with van der Waals surface area (Å²) in [6, 6.07) is -3.67. The van der Waals surface area contributed by atoms with E-state index in [1.807, 2.05) is 0 Å². The zero-order valence-electron chi connectivity index (χ0n) is 12.0. The molecule has 0 aromatic rings. The maximum absolute atomic E-state index is 11.1. The summed E-state index contributed by atoms with van der Waals surface area (Å²) in [4.78, 5) is 47.8. The summed E-state index contributed by atoms with van der Waals surface area (Å²) in [5.41, 5.74) is -0.756. The summed E-state index contributed by atoms with van der Waals surface area (Å²) < 4.78 is 0. The second kappa shape index (κ2) is 10.3. The molecule has 0 amide bonds. The average molecular weight is 332 g/mol. The molecule has 12 heteroatoms. The Morgan fingerprint density at radius 2 is 1.77 bits per heavy atom. The van der Waals surface area contributed by atoms with Gasteiger partial charge >= 0.3 is 71.1 Å². The van der Waals surface area contributed by atoms with Crippen LogP contribution in [0.5, 0.6) is 0 Å². The minimum absolute atomic E-state index is 0. The van der Waals surface area contributed by atoms with E-state index in [4.69, 9.17) is 10.2 Å². The molecule has 1 heterocycles. The van der Waals surface area contributed by atoms with Gasteiger partial charge < -0.3 is 30.0 Å². The van der Waals surface area contributed by atoms with Crippen LogP contribution in [0, 0.1) is 0 Å². The number of aliphatic imine (C=N–C) groups is 1. The van der Waals surface area contributed by atoms with Crippen LogP contribution >= 0.6 is 0 Å². The van der Waals surface area contributed by atoms with E-state index in [1.54, 1.807) is 0 Å². The molecule has 1 aliphatic rings. The molecular formula is C10H10N2Na2O8. The fourth-order valence-electron chi connectivity index (χ4n) is 1.93. The predicted octanol–water partition coefficient (Wildman–Crippen LogP) is -10.5. The van der Waals surface area contributed by atoms with Crippen molar-refractivity contribution in [3.8, 4) is 0 Å². The van der Waals surface area contributed by atoms with E-state index >= 15 is 0 Å². The smallest absolute Gasteiger partial charge is 0.550 e. The van der Waals surface area contributed by atoms with Gasteiger partial charge in [0.25, 0.3) is 0 Å². The Morgan fingerprint density at radius 3 is 2.14 bits per heavy atom. The van der Waals surface area contributed by atoms with Gasteiger partial charge in [-0.25, -0.2) is 4.79 Å². The number of hydrogen-bond donors (Lipinski definition) is 2. The quantitative estimate of drug-likeness (QED) is 0.448. The number of carbonyl (C=O) groups is 4. The zero-order chi connectivity index (χ0) is 15.4. The number of hydrogen-bond acceptors (Lipinski definition) is 8. The number of nitrogens with zero attached hydrogens (tertiary/aromatic N) is 2. The van der Waals surface area contributed by atoms with E-state index in [1.165, 1.54) is 0 Å². The van der Waals surface area contributed by atoms with Crippen molar-refractivity contribution in [3.63, 3.8) is 0 Å². The van der Waals surface area contributed by atoms with Crippen molar-refractivity contribution in [2.75, 3.05) is 13.1 Å². The van der Waals surface area contributed by atoms with Gasteiger partial charge in [-0.1, -0.05) is 0 Å². The van der Waals surface area contributed by atoms with Crippen molar-refractivity contribution in [1.29, 1.82) is 0 Å². The van der Waals surface area contributed by atoms with Crippen LogP contribution in [0.4, 0.5) is 0 Å². The third kappa shape index (κ3) is 5.95. The Labute approximate surface area is 168 Å². The number of carboxylic acids is 4. The van der Waals surface area contributed by atoms with Crippen LogP contribution in [-0.2, 0) is 19.2 Å². The van der Waals surface area contributed by atoms with Crippen LogP contribution in [0.1, 0.15) is 6.42 Å². The zero-order valence-corrected chi connectivity index (χ0v) is 16.0. The van der Waals surface area contributed by atoms with E-state index in [9.17, 15) is 29.4 Å². The van der Waals surface area contributed by atoms with Crippen LogP contribution in [0.15, 0.2) is 4.99 Å². The molecule has 10 nitrogen and oxygen atoms in total. The molecule has 0 saturated heterocycles. The van der Waals surface area contributed by atoms with E-state index in [0.29, 0.717) is 4.90 Å². The number of carboxylic acid groups (broad SMARTS) is 4. The van der Waals surface area contributed by atoms with Gasteiger partial charge in [-0.05, 0) is 0 Å². The number of carbonyl (C=O) groups excluding carboxylic acids is 2. The molecule has 0 aromatic carbocycles. The molecule has 2 unspecified atom stereocenters. The predicted molar refractivity (Wildman–Crippen MR) is 56.5 cm³/mol. The summed E-state index contributed by atoms with van der Waals surface area (Å²) in [7, 11) is 0. The van der Waals surface area contributed by atoms with E-state index in [-0.39, 0.29) is 72.2 Å². The molecule has 0 radical (unpaired) electrons. The van der Waals surface area contributed by atoms with Crippen LogP contribution < -0.4 is 69.3 Å². The minimum Gasteiger partial charge on any atom is -0.550 e. The molecule has 22 heavy (non-hydrogen) atoms. The topological polar surface area (TPSA) is 170 Å². The molecule has 0 aliphatic carbocycles. The van der Waals surface area contributed by atoms with Crippen molar-refractivity contribution in [2.45, 2.75) is 18.5 Å². The minimum atomic E-state index is -1.86. The maximum Gasteiger partial charge on any atom is 1.00 e. The Morgan fingerprint density at radius 1 is 1.23 bits per heavy atom. The summed E-state index contributed by atoms with van der Waals surface area (Å²) in [6.45, 7) is -0.387. The third-order valence-electron chi connectivity index (χ3n) is 2.72. The van der Waals surface area contributed by atoms with Gasteiger partial charge in [-0.15, -0.1) is 0 Å². The molecule has 0 bridgehead atoms. The monoisotopic (exact) mass is 332 g/mol. The van der Waals surface area contributed by atoms with Crippen LogP contribution in [-0.4, -0.2) is 69.9 Å². The second-order valence-corrected chi connectivity index (χ2v) is 3.96. The molecule has 110 valence electrons. The molecule has 1 rings (SSSR count). The largest absolute Gasteiger partial charge is 1.00 e. The van der Waals surface area contributed by atoms with Gasteiger partial charge in [0.15, 0.2) is 6.04 Å². The van der Waals surface area contributed by atoms with Crippen molar-refractivity contribution >= 4 is 29.6 Å². The van der Waals surface area contributed by atoms with Crippen LogP contribution in [0.3, 0.4) is 0 Å². The third-order valence-corrected chi connectivity index (χ3v) is 2.72. The maximum atomic E-state index is 11.1. The summed E-state index contributed by atoms with van der Waals surface area (Å²) >= 11 is 0. The Kier molecular flexibility index (Phi) is 11.1. The number of aliphatic carboxylic acids is 4. The van der Waals surface area contributed by atoms with Gasteiger partial charge in [-0.2, -0.15) is 0 Å². The molecule has 0 saturated carbocycles. The summed E-state index contributed by atoms with van der Waals surface area (Å²) in [6.07, 6.45) is -1.01. The summed E-state index contributed by atoms with van der Waals surface area (Å²) in [5, 5.41) is 39.4. The first-order valence-corrected chi connectivity index (χ1v) is 5.42. The van der Waals surface area contributed by atoms with Gasteiger partial charge in [0, 0.05) is 18.9 Å². The van der Waals surface area contributed by atoms with E-state index < -0.39 is 48.1 Å². The Hall–Kier alpha value is -0.490. The van der Waals surface area contributed by atoms with Crippen molar-refractivity contribution in [3.05, 3.63) is 0 Å². The average Bonchev–Trinajstić information content (AvgIpc) is 2.34.